The molecular weight excluding hydrogens is 204 g/mol. The van der Waals surface area contributed by atoms with E-state index in [-0.39, 0.29) is 5.75 Å². The molecule has 1 aromatic rings. The summed E-state index contributed by atoms with van der Waals surface area (Å²) < 4.78 is 5.55. The van der Waals surface area contributed by atoms with Gasteiger partial charge in [0.15, 0.2) is 0 Å². The average Bonchev–Trinajstić information content (AvgIpc) is 2.77. The first-order chi connectivity index (χ1) is 7.77. The molecule has 1 aliphatic heterocycles. The molecule has 1 fully saturated rings. The molecular formula is C12H18N2O2. The van der Waals surface area contributed by atoms with Gasteiger partial charge in [0, 0.05) is 6.54 Å². The summed E-state index contributed by atoms with van der Waals surface area (Å²) in [5.41, 5.74) is 6.01. The summed E-state index contributed by atoms with van der Waals surface area (Å²) in [7, 11) is 0. The minimum absolute atomic E-state index is 0.0821. The van der Waals surface area contributed by atoms with E-state index in [2.05, 4.69) is 4.90 Å². The average molecular weight is 222 g/mol. The highest BCUT2D eigenvalue weighted by Crippen LogP contribution is 2.29. The Hall–Kier alpha value is -1.42. The molecule has 16 heavy (non-hydrogen) atoms. The first-order valence-electron chi connectivity index (χ1n) is 5.70. The van der Waals surface area contributed by atoms with Crippen molar-refractivity contribution < 1.29 is 9.84 Å². The Morgan fingerprint density at radius 2 is 2.06 bits per heavy atom. The van der Waals surface area contributed by atoms with Gasteiger partial charge in [-0.05, 0) is 38.1 Å². The normalized spacial score (nSPS) is 16.5. The molecule has 0 spiro atoms. The van der Waals surface area contributed by atoms with Crippen molar-refractivity contribution in [3.63, 3.8) is 0 Å². The van der Waals surface area contributed by atoms with Gasteiger partial charge in [-0.1, -0.05) is 6.07 Å². The lowest BCUT2D eigenvalue weighted by Gasteiger charge is -2.15. The third-order valence-corrected chi connectivity index (χ3v) is 2.91. The van der Waals surface area contributed by atoms with Crippen molar-refractivity contribution >= 4 is 5.69 Å². The van der Waals surface area contributed by atoms with E-state index in [0.29, 0.717) is 18.0 Å². The third-order valence-electron chi connectivity index (χ3n) is 2.91. The number of nitrogen functional groups attached to an aromatic ring is 1. The van der Waals surface area contributed by atoms with E-state index < -0.39 is 0 Å². The molecule has 1 saturated heterocycles. The van der Waals surface area contributed by atoms with Crippen LogP contribution >= 0.6 is 0 Å². The van der Waals surface area contributed by atoms with Gasteiger partial charge in [0.1, 0.15) is 23.8 Å². The van der Waals surface area contributed by atoms with Crippen molar-refractivity contribution in [2.75, 3.05) is 32.0 Å². The molecule has 0 aromatic heterocycles. The van der Waals surface area contributed by atoms with Crippen LogP contribution in [0.25, 0.3) is 0 Å². The highest BCUT2D eigenvalue weighted by atomic mass is 16.5. The molecule has 0 atom stereocenters. The number of hydrogen-bond donors (Lipinski definition) is 2. The van der Waals surface area contributed by atoms with Gasteiger partial charge in [-0.3, -0.25) is 4.90 Å². The van der Waals surface area contributed by atoms with Crippen LogP contribution in [-0.2, 0) is 0 Å². The second-order valence-corrected chi connectivity index (χ2v) is 4.09. The molecule has 0 unspecified atom stereocenters. The molecule has 88 valence electrons. The van der Waals surface area contributed by atoms with E-state index in [9.17, 15) is 5.11 Å². The highest BCUT2D eigenvalue weighted by Gasteiger charge is 2.11. The van der Waals surface area contributed by atoms with E-state index in [1.165, 1.54) is 25.9 Å². The summed E-state index contributed by atoms with van der Waals surface area (Å²) in [5.74, 6) is 0.651. The molecule has 0 bridgehead atoms. The molecule has 0 radical (unpaired) electrons. The van der Waals surface area contributed by atoms with E-state index in [1.807, 2.05) is 0 Å². The quantitative estimate of drug-likeness (QED) is 0.598. The van der Waals surface area contributed by atoms with Crippen LogP contribution in [0.2, 0.25) is 0 Å². The van der Waals surface area contributed by atoms with E-state index in [1.54, 1.807) is 18.2 Å². The monoisotopic (exact) mass is 222 g/mol. The molecule has 0 amide bonds. The Labute approximate surface area is 95.6 Å². The standard InChI is InChI=1S/C12H18N2O2/c13-12-10(15)4-3-5-11(12)16-9-8-14-6-1-2-7-14/h3-5,15H,1-2,6-9,13H2. The maximum Gasteiger partial charge on any atom is 0.146 e. The summed E-state index contributed by atoms with van der Waals surface area (Å²) in [6.45, 7) is 3.88. The Bertz CT molecular complexity index is 349. The molecule has 1 aliphatic rings. The number of ether oxygens (including phenoxy) is 1. The van der Waals surface area contributed by atoms with Gasteiger partial charge in [-0.15, -0.1) is 0 Å². The number of phenolic OH excluding ortho intramolecular Hbond substituents is 1. The number of anilines is 1. The number of benzene rings is 1. The third kappa shape index (κ3) is 2.58. The van der Waals surface area contributed by atoms with Crippen molar-refractivity contribution in [2.24, 2.45) is 0 Å². The number of likely N-dealkylation sites (tertiary alicyclic amines) is 1. The first kappa shape index (κ1) is 11.1. The van der Waals surface area contributed by atoms with Crippen LogP contribution in [-0.4, -0.2) is 36.2 Å². The second kappa shape index (κ2) is 5.07. The van der Waals surface area contributed by atoms with Crippen LogP contribution < -0.4 is 10.5 Å². The SMILES string of the molecule is Nc1c(O)cccc1OCCN1CCCC1. The van der Waals surface area contributed by atoms with Crippen molar-refractivity contribution in [1.29, 1.82) is 0 Å². The Balaban J connectivity index is 1.82. The maximum absolute atomic E-state index is 9.40. The van der Waals surface area contributed by atoms with Gasteiger partial charge in [0.2, 0.25) is 0 Å². The molecule has 0 saturated carbocycles. The van der Waals surface area contributed by atoms with Crippen molar-refractivity contribution in [3.05, 3.63) is 18.2 Å². The minimum Gasteiger partial charge on any atom is -0.506 e. The molecule has 0 aliphatic carbocycles. The fraction of sp³-hybridized carbons (Fsp3) is 0.500. The summed E-state index contributed by atoms with van der Waals surface area (Å²) in [5, 5.41) is 9.40. The largest absolute Gasteiger partial charge is 0.506 e. The Kier molecular flexibility index (Phi) is 3.51. The van der Waals surface area contributed by atoms with Crippen LogP contribution in [0.1, 0.15) is 12.8 Å². The number of nitrogens with zero attached hydrogens (tertiary/aromatic N) is 1. The number of para-hydroxylation sites is 1. The fourth-order valence-corrected chi connectivity index (χ4v) is 1.95. The first-order valence-corrected chi connectivity index (χ1v) is 5.70. The predicted octanol–water partition coefficient (Wildman–Crippen LogP) is 1.45. The predicted molar refractivity (Wildman–Crippen MR) is 63.7 cm³/mol. The number of hydrogen-bond acceptors (Lipinski definition) is 4. The van der Waals surface area contributed by atoms with Gasteiger partial charge in [-0.25, -0.2) is 0 Å². The van der Waals surface area contributed by atoms with E-state index >= 15 is 0 Å². The Morgan fingerprint density at radius 1 is 1.31 bits per heavy atom. The van der Waals surface area contributed by atoms with Gasteiger partial charge >= 0.3 is 0 Å². The van der Waals surface area contributed by atoms with Crippen molar-refractivity contribution in [3.8, 4) is 11.5 Å². The molecule has 2 rings (SSSR count). The number of nitrogens with two attached hydrogens (primary N) is 1. The zero-order chi connectivity index (χ0) is 11.4. The minimum atomic E-state index is 0.0821. The van der Waals surface area contributed by atoms with Gasteiger partial charge in [0.05, 0.1) is 0 Å². The van der Waals surface area contributed by atoms with E-state index in [0.717, 1.165) is 6.54 Å². The van der Waals surface area contributed by atoms with Crippen molar-refractivity contribution in [1.82, 2.24) is 4.90 Å². The second-order valence-electron chi connectivity index (χ2n) is 4.09. The van der Waals surface area contributed by atoms with Gasteiger partial charge in [0.25, 0.3) is 0 Å². The lowest BCUT2D eigenvalue weighted by molar-refractivity contribution is 0.238. The number of rotatable bonds is 4. The molecule has 1 heterocycles. The molecule has 1 aromatic carbocycles. The van der Waals surface area contributed by atoms with Crippen LogP contribution in [0.4, 0.5) is 5.69 Å². The van der Waals surface area contributed by atoms with Crippen LogP contribution in [0.5, 0.6) is 11.5 Å². The Morgan fingerprint density at radius 3 is 2.81 bits per heavy atom. The zero-order valence-electron chi connectivity index (χ0n) is 9.35. The highest BCUT2D eigenvalue weighted by molar-refractivity contribution is 5.61. The number of phenols is 1. The number of aromatic hydroxyl groups is 1. The van der Waals surface area contributed by atoms with Crippen LogP contribution in [0.3, 0.4) is 0 Å². The maximum atomic E-state index is 9.40. The van der Waals surface area contributed by atoms with Gasteiger partial charge in [-0.2, -0.15) is 0 Å². The zero-order valence-corrected chi connectivity index (χ0v) is 9.35. The van der Waals surface area contributed by atoms with E-state index in [4.69, 9.17) is 10.5 Å². The van der Waals surface area contributed by atoms with Crippen LogP contribution in [0, 0.1) is 0 Å². The summed E-state index contributed by atoms with van der Waals surface area (Å²) >= 11 is 0. The van der Waals surface area contributed by atoms with Gasteiger partial charge < -0.3 is 15.6 Å². The topological polar surface area (TPSA) is 58.7 Å². The summed E-state index contributed by atoms with van der Waals surface area (Å²) in [6.07, 6.45) is 2.57. The lowest BCUT2D eigenvalue weighted by atomic mass is 10.3. The lowest BCUT2D eigenvalue weighted by Crippen LogP contribution is -2.25. The summed E-state index contributed by atoms with van der Waals surface area (Å²) in [6, 6.07) is 5.07. The smallest absolute Gasteiger partial charge is 0.146 e. The molecule has 4 nitrogen and oxygen atoms in total. The van der Waals surface area contributed by atoms with Crippen LogP contribution in [0.15, 0.2) is 18.2 Å². The van der Waals surface area contributed by atoms with Crippen molar-refractivity contribution in [2.45, 2.75) is 12.8 Å². The fourth-order valence-electron chi connectivity index (χ4n) is 1.95. The molecule has 4 heteroatoms. The summed E-state index contributed by atoms with van der Waals surface area (Å²) in [4.78, 5) is 2.37. The molecule has 3 N–H and O–H groups in total.